The van der Waals surface area contributed by atoms with E-state index in [9.17, 15) is 8.42 Å². The maximum atomic E-state index is 12.0. The molecule has 0 radical (unpaired) electrons. The lowest BCUT2D eigenvalue weighted by atomic mass is 9.95. The highest BCUT2D eigenvalue weighted by Gasteiger charge is 2.39. The van der Waals surface area contributed by atoms with Crippen LogP contribution < -0.4 is 10.1 Å². The molecule has 0 aliphatic heterocycles. The Morgan fingerprint density at radius 1 is 1.25 bits per heavy atom. The van der Waals surface area contributed by atoms with Gasteiger partial charge in [-0.05, 0) is 45.0 Å². The Hall–Kier alpha value is -1.07. The number of hydrogen-bond acceptors (Lipinski definition) is 4. The summed E-state index contributed by atoms with van der Waals surface area (Å²) in [5.41, 5.74) is 0.937. The van der Waals surface area contributed by atoms with Crippen LogP contribution in [0.15, 0.2) is 24.3 Å². The topological polar surface area (TPSA) is 55.4 Å². The zero-order valence-corrected chi connectivity index (χ0v) is 13.8. The summed E-state index contributed by atoms with van der Waals surface area (Å²) in [7, 11) is -1.40. The fraction of sp³-hybridized carbons (Fsp3) is 0.600. The summed E-state index contributed by atoms with van der Waals surface area (Å²) in [5, 5.41) is 3.11. The van der Waals surface area contributed by atoms with Gasteiger partial charge in [0.1, 0.15) is 5.75 Å². The van der Waals surface area contributed by atoms with Gasteiger partial charge in [-0.3, -0.25) is 0 Å². The number of ether oxygens (including phenoxy) is 1. The number of hydrogen-bond donors (Lipinski definition) is 1. The molecule has 0 bridgehead atoms. The lowest BCUT2D eigenvalue weighted by Gasteiger charge is -2.32. The molecule has 4 nitrogen and oxygen atoms in total. The third-order valence-corrected chi connectivity index (χ3v) is 5.77. The van der Waals surface area contributed by atoms with Gasteiger partial charge in [-0.1, -0.05) is 19.1 Å². The van der Waals surface area contributed by atoms with Crippen molar-refractivity contribution in [3.05, 3.63) is 29.8 Å². The molecular weight excluding hydrogens is 274 g/mol. The molecule has 1 atom stereocenters. The fourth-order valence-electron chi connectivity index (χ4n) is 2.11. The minimum atomic E-state index is -3.18. The van der Waals surface area contributed by atoms with Crippen LogP contribution in [-0.2, 0) is 9.84 Å². The minimum Gasteiger partial charge on any atom is -0.494 e. The van der Waals surface area contributed by atoms with Gasteiger partial charge in [-0.2, -0.15) is 0 Å². The Labute approximate surface area is 122 Å². The third kappa shape index (κ3) is 3.73. The van der Waals surface area contributed by atoms with Crippen molar-refractivity contribution < 1.29 is 13.2 Å². The summed E-state index contributed by atoms with van der Waals surface area (Å²) in [6.45, 7) is 6.22. The third-order valence-electron chi connectivity index (χ3n) is 3.63. The smallest absolute Gasteiger partial charge is 0.154 e. The maximum absolute atomic E-state index is 12.0. The summed E-state index contributed by atoms with van der Waals surface area (Å²) in [5.74, 6) is 0.808. The van der Waals surface area contributed by atoms with Gasteiger partial charge in [0.2, 0.25) is 0 Å². The molecule has 0 amide bonds. The van der Waals surface area contributed by atoms with Gasteiger partial charge in [-0.15, -0.1) is 0 Å². The van der Waals surface area contributed by atoms with Crippen molar-refractivity contribution >= 4 is 9.84 Å². The second kappa shape index (κ2) is 6.59. The summed E-state index contributed by atoms with van der Waals surface area (Å²) in [6.07, 6.45) is 2.23. The van der Waals surface area contributed by atoms with Crippen LogP contribution in [0.2, 0.25) is 0 Å². The fourth-order valence-corrected chi connectivity index (χ4v) is 2.79. The van der Waals surface area contributed by atoms with Gasteiger partial charge in [0.25, 0.3) is 0 Å². The van der Waals surface area contributed by atoms with Gasteiger partial charge in [0.15, 0.2) is 9.84 Å². The average molecular weight is 299 g/mol. The molecule has 0 aromatic heterocycles. The second-order valence-corrected chi connectivity index (χ2v) is 8.11. The van der Waals surface area contributed by atoms with Crippen LogP contribution in [0.5, 0.6) is 5.75 Å². The SMILES string of the molecule is CCCOc1ccc(C(NC)C(C)(C)S(C)(=O)=O)cc1. The molecule has 0 fully saturated rings. The van der Waals surface area contributed by atoms with Gasteiger partial charge in [0.05, 0.1) is 17.4 Å². The van der Waals surface area contributed by atoms with Crippen molar-refractivity contribution in [3.63, 3.8) is 0 Å². The molecule has 1 unspecified atom stereocenters. The lowest BCUT2D eigenvalue weighted by Crippen LogP contribution is -2.43. The van der Waals surface area contributed by atoms with Crippen LogP contribution >= 0.6 is 0 Å². The first-order chi connectivity index (χ1) is 9.24. The Bertz CT molecular complexity index is 521. The zero-order chi connectivity index (χ0) is 15.4. The summed E-state index contributed by atoms with van der Waals surface area (Å²) < 4.78 is 28.6. The van der Waals surface area contributed by atoms with Gasteiger partial charge < -0.3 is 10.1 Å². The van der Waals surface area contributed by atoms with E-state index in [0.29, 0.717) is 6.61 Å². The lowest BCUT2D eigenvalue weighted by molar-refractivity contribution is 0.317. The standard InChI is InChI=1S/C15H25NO3S/c1-6-11-19-13-9-7-12(8-10-13)14(16-4)15(2,3)20(5,17)18/h7-10,14,16H,6,11H2,1-5H3. The van der Waals surface area contributed by atoms with Crippen molar-refractivity contribution in [1.82, 2.24) is 5.32 Å². The number of sulfone groups is 1. The molecule has 0 saturated heterocycles. The van der Waals surface area contributed by atoms with Crippen molar-refractivity contribution in [2.75, 3.05) is 19.9 Å². The molecule has 1 rings (SSSR count). The van der Waals surface area contributed by atoms with E-state index in [0.717, 1.165) is 17.7 Å². The van der Waals surface area contributed by atoms with Crippen molar-refractivity contribution in [2.24, 2.45) is 0 Å². The molecule has 1 N–H and O–H groups in total. The Balaban J connectivity index is 3.02. The van der Waals surface area contributed by atoms with Crippen LogP contribution in [0.4, 0.5) is 0 Å². The normalized spacial score (nSPS) is 14.1. The molecule has 5 heteroatoms. The van der Waals surface area contributed by atoms with Crippen LogP contribution in [0.1, 0.15) is 38.8 Å². The first-order valence-corrected chi connectivity index (χ1v) is 8.72. The van der Waals surface area contributed by atoms with Crippen molar-refractivity contribution in [3.8, 4) is 5.75 Å². The molecule has 114 valence electrons. The molecule has 0 saturated carbocycles. The molecule has 20 heavy (non-hydrogen) atoms. The first-order valence-electron chi connectivity index (χ1n) is 6.83. The van der Waals surface area contributed by atoms with E-state index < -0.39 is 14.6 Å². The molecular formula is C15H25NO3S. The van der Waals surface area contributed by atoms with Crippen molar-refractivity contribution in [2.45, 2.75) is 38.0 Å². The molecule has 1 aromatic carbocycles. The quantitative estimate of drug-likeness (QED) is 0.840. The summed E-state index contributed by atoms with van der Waals surface area (Å²) >= 11 is 0. The second-order valence-electron chi connectivity index (χ2n) is 5.51. The van der Waals surface area contributed by atoms with E-state index in [1.807, 2.05) is 24.3 Å². The largest absolute Gasteiger partial charge is 0.494 e. The number of benzene rings is 1. The Kier molecular flexibility index (Phi) is 5.59. The van der Waals surface area contributed by atoms with Gasteiger partial charge in [0, 0.05) is 6.26 Å². The highest BCUT2D eigenvalue weighted by Crippen LogP contribution is 2.32. The van der Waals surface area contributed by atoms with E-state index in [2.05, 4.69) is 12.2 Å². The van der Waals surface area contributed by atoms with Crippen LogP contribution in [-0.4, -0.2) is 33.1 Å². The molecule has 0 heterocycles. The van der Waals surface area contributed by atoms with Gasteiger partial charge in [-0.25, -0.2) is 8.42 Å². The first kappa shape index (κ1) is 17.0. The predicted molar refractivity (Wildman–Crippen MR) is 83.0 cm³/mol. The molecule has 1 aromatic rings. The Morgan fingerprint density at radius 2 is 1.80 bits per heavy atom. The average Bonchev–Trinajstić information content (AvgIpc) is 2.37. The molecule has 0 aliphatic rings. The van der Waals surface area contributed by atoms with Crippen LogP contribution in [0.3, 0.4) is 0 Å². The number of nitrogens with one attached hydrogen (secondary N) is 1. The minimum absolute atomic E-state index is 0.266. The van der Waals surface area contributed by atoms with E-state index in [1.165, 1.54) is 6.26 Å². The van der Waals surface area contributed by atoms with Gasteiger partial charge >= 0.3 is 0 Å². The summed E-state index contributed by atoms with van der Waals surface area (Å²) in [6, 6.07) is 7.33. The van der Waals surface area contributed by atoms with E-state index in [1.54, 1.807) is 20.9 Å². The Morgan fingerprint density at radius 3 is 2.20 bits per heavy atom. The molecule has 0 aliphatic carbocycles. The van der Waals surface area contributed by atoms with E-state index in [-0.39, 0.29) is 6.04 Å². The van der Waals surface area contributed by atoms with E-state index >= 15 is 0 Å². The highest BCUT2D eigenvalue weighted by atomic mass is 32.2. The number of rotatable bonds is 7. The summed E-state index contributed by atoms with van der Waals surface area (Å²) in [4.78, 5) is 0. The maximum Gasteiger partial charge on any atom is 0.154 e. The zero-order valence-electron chi connectivity index (χ0n) is 12.9. The van der Waals surface area contributed by atoms with E-state index in [4.69, 9.17) is 4.74 Å². The monoisotopic (exact) mass is 299 g/mol. The molecule has 0 spiro atoms. The highest BCUT2D eigenvalue weighted by molar-refractivity contribution is 7.92. The predicted octanol–water partition coefficient (Wildman–Crippen LogP) is 2.56. The van der Waals surface area contributed by atoms with Crippen LogP contribution in [0.25, 0.3) is 0 Å². The van der Waals surface area contributed by atoms with Crippen molar-refractivity contribution in [1.29, 1.82) is 0 Å². The van der Waals surface area contributed by atoms with Crippen LogP contribution in [0, 0.1) is 0 Å².